The Morgan fingerprint density at radius 2 is 1.06 bits per heavy atom. The zero-order valence-corrected chi connectivity index (χ0v) is 38.9. The van der Waals surface area contributed by atoms with Crippen LogP contribution in [0.5, 0.6) is 23.0 Å². The van der Waals surface area contributed by atoms with Crippen molar-refractivity contribution in [3.63, 3.8) is 0 Å². The molecule has 0 fully saturated rings. The number of azo groups is 2. The maximum atomic E-state index is 12.4. The first-order chi connectivity index (χ1) is 32.3. The molecule has 1 heterocycles. The Balaban J connectivity index is 0.00000375. The van der Waals surface area contributed by atoms with Crippen LogP contribution in [-0.4, -0.2) is 108 Å². The van der Waals surface area contributed by atoms with Crippen LogP contribution in [-0.2, 0) is 57.5 Å². The SMILES string of the molecule is COc1ccc(N=Nc2c(S(=O)(=O)[O-])cc3cc(Nc4nc(NCCO)nc(Nc5ccc6c(O)c(N=Nc7cc(S(=O)(=O)[O-])ccc7O)c(S(=O)(=O)[O-])cc6c5)n4)ccc3c2O)c(S(=O)(=O)[O-])c1.[Cu].[H+].[H+].[H+].[H+]. The number of aromatic nitrogens is 3. The number of hydrogen-bond acceptors (Lipinski definition) is 27. The molecule has 0 atom stereocenters. The maximum absolute atomic E-state index is 12.4. The molecule has 0 saturated carbocycles. The molecule has 7 N–H and O–H groups in total. The summed E-state index contributed by atoms with van der Waals surface area (Å²) < 4.78 is 150. The van der Waals surface area contributed by atoms with Crippen molar-refractivity contribution in [2.75, 3.05) is 36.2 Å². The van der Waals surface area contributed by atoms with E-state index in [0.717, 1.165) is 36.4 Å². The molecule has 0 aliphatic rings. The first-order valence-corrected chi connectivity index (χ1v) is 24.4. The van der Waals surface area contributed by atoms with Gasteiger partial charge >= 0.3 is 5.71 Å². The van der Waals surface area contributed by atoms with Crippen LogP contribution in [0.2, 0.25) is 0 Å². The number of hydrogen-bond donors (Lipinski definition) is 7. The van der Waals surface area contributed by atoms with Crippen LogP contribution in [0.15, 0.2) is 125 Å². The third-order valence-corrected chi connectivity index (χ3v) is 12.8. The number of ether oxygens (including phenoxy) is 1. The van der Waals surface area contributed by atoms with E-state index in [1.165, 1.54) is 49.6 Å². The summed E-state index contributed by atoms with van der Waals surface area (Å²) in [6.07, 6.45) is 0. The van der Waals surface area contributed by atoms with Crippen molar-refractivity contribution < 1.29 is 99.8 Å². The molecule has 27 nitrogen and oxygen atoms in total. The summed E-state index contributed by atoms with van der Waals surface area (Å²) in [6, 6.07) is 14.8. The number of methoxy groups -OCH3 is 1. The van der Waals surface area contributed by atoms with Gasteiger partial charge in [-0.15, -0.1) is 20.5 Å². The average Bonchev–Trinajstić information content (AvgIpc) is 3.26. The van der Waals surface area contributed by atoms with Gasteiger partial charge in [-0.3, -0.25) is 0 Å². The fraction of sp³-hybridized carbons (Fsp3) is 0.0789. The summed E-state index contributed by atoms with van der Waals surface area (Å²) in [5.74, 6) is -3.01. The largest absolute Gasteiger partial charge is 1.00 e. The van der Waals surface area contributed by atoms with Gasteiger partial charge in [0.05, 0.1) is 33.3 Å². The Morgan fingerprint density at radius 3 is 1.51 bits per heavy atom. The molecule has 1 aromatic heterocycles. The number of phenols is 3. The van der Waals surface area contributed by atoms with Gasteiger partial charge < -0.3 is 59.3 Å². The molecule has 0 amide bonds. The Labute approximate surface area is 411 Å². The standard InChI is InChI=1S/C38H32N10O17S4.Cu/c1-65-22-4-8-26(29(16-22)67(56,57)58)45-47-32-30(68(59,60)61)14-18-12-20(2-6-24(18)34(32)51)40-37-42-36(39-10-11-49)43-38(44-37)41-21-3-7-25-19(13-21)15-31(69(62,63)64)33(35(25)52)48-46-27-17-23(66(53,54)55)5-9-28(27)50;/h2-9,12-17,49-52H,10-11H2,1H3,(H,53,54,55)(H,56,57,58)(H,59,60,61)(H,62,63,64)(H3,39,40,41,42,43,44);. The molecule has 0 aliphatic carbocycles. The van der Waals surface area contributed by atoms with Crippen molar-refractivity contribution in [2.24, 2.45) is 20.5 Å². The summed E-state index contributed by atoms with van der Waals surface area (Å²) >= 11 is 0. The molecule has 0 unspecified atom stereocenters. The van der Waals surface area contributed by atoms with E-state index in [9.17, 15) is 72.3 Å². The van der Waals surface area contributed by atoms with Crippen LogP contribution >= 0.6 is 0 Å². The molecule has 0 bridgehead atoms. The van der Waals surface area contributed by atoms with Crippen molar-refractivity contribution in [2.45, 2.75) is 19.6 Å². The fourth-order valence-corrected chi connectivity index (χ4v) is 8.68. The van der Waals surface area contributed by atoms with Crippen molar-refractivity contribution in [1.82, 2.24) is 15.0 Å². The van der Waals surface area contributed by atoms with E-state index in [1.807, 2.05) is 0 Å². The van der Waals surface area contributed by atoms with Crippen molar-refractivity contribution >= 4 is 114 Å². The second-order valence-electron chi connectivity index (χ2n) is 13.9. The Morgan fingerprint density at radius 1 is 0.571 bits per heavy atom. The fourth-order valence-electron chi connectivity index (χ4n) is 6.28. The summed E-state index contributed by atoms with van der Waals surface area (Å²) in [5.41, 5.74) is -2.71. The minimum atomic E-state index is -5.43. The van der Waals surface area contributed by atoms with Crippen LogP contribution in [0.1, 0.15) is 5.71 Å². The predicted molar refractivity (Wildman–Crippen MR) is 239 cm³/mol. The molecule has 32 heteroatoms. The number of phenolic OH excluding ortho intramolecular Hbond substituents is 3. The van der Waals surface area contributed by atoms with Crippen LogP contribution in [0, 0.1) is 0 Å². The quantitative estimate of drug-likeness (QED) is 0.0376. The molecule has 0 aliphatic heterocycles. The van der Waals surface area contributed by atoms with E-state index in [0.29, 0.717) is 6.07 Å². The number of fused-ring (bicyclic) bond motifs is 2. The van der Waals surface area contributed by atoms with Gasteiger partial charge in [0.2, 0.25) is 17.8 Å². The minimum absolute atomic E-state index is 0. The molecule has 371 valence electrons. The first-order valence-electron chi connectivity index (χ1n) is 18.8. The Bertz CT molecular complexity index is 3800. The van der Waals surface area contributed by atoms with E-state index in [4.69, 9.17) is 4.74 Å². The number of benzene rings is 6. The van der Waals surface area contributed by atoms with Gasteiger partial charge in [-0.2, -0.15) is 15.0 Å². The molecule has 70 heavy (non-hydrogen) atoms. The molecular formula is C38H32CuN10O17S4. The monoisotopic (exact) mass is 1090 g/mol. The number of anilines is 5. The second-order valence-corrected chi connectivity index (χ2v) is 19.3. The number of nitrogens with one attached hydrogen (secondary N) is 3. The van der Waals surface area contributed by atoms with Gasteiger partial charge in [0.15, 0.2) is 11.5 Å². The van der Waals surface area contributed by atoms with Crippen LogP contribution in [0.25, 0.3) is 21.5 Å². The molecule has 7 aromatic rings. The number of rotatable bonds is 16. The van der Waals surface area contributed by atoms with Crippen LogP contribution in [0.4, 0.5) is 52.0 Å². The van der Waals surface area contributed by atoms with Gasteiger partial charge in [-0.1, -0.05) is 0 Å². The molecule has 7 rings (SSSR count). The van der Waals surface area contributed by atoms with Crippen molar-refractivity contribution in [3.05, 3.63) is 84.9 Å². The number of aliphatic hydroxyl groups is 1. The zero-order valence-electron chi connectivity index (χ0n) is 38.7. The maximum Gasteiger partial charge on any atom is 1.00 e. The van der Waals surface area contributed by atoms with E-state index >= 15 is 0 Å². The average molecular weight is 1090 g/mol. The molecular weight excluding hydrogens is 1060 g/mol. The van der Waals surface area contributed by atoms with Gasteiger partial charge in [-0.25, -0.2) is 33.7 Å². The van der Waals surface area contributed by atoms with Gasteiger partial charge in [0.25, 0.3) is 0 Å². The second kappa shape index (κ2) is 20.0. The van der Waals surface area contributed by atoms with E-state index in [-0.39, 0.29) is 92.4 Å². The van der Waals surface area contributed by atoms with Crippen LogP contribution < -0.4 is 20.7 Å². The summed E-state index contributed by atoms with van der Waals surface area (Å²) in [5, 5.41) is 64.4. The van der Waals surface area contributed by atoms with E-state index in [2.05, 4.69) is 51.4 Å². The van der Waals surface area contributed by atoms with Crippen molar-refractivity contribution in [3.8, 4) is 23.0 Å². The molecule has 0 saturated heterocycles. The Hall–Kier alpha value is -7.23. The Kier molecular flexibility index (Phi) is 14.9. The third-order valence-electron chi connectivity index (χ3n) is 9.37. The zero-order chi connectivity index (χ0) is 50.2. The smallest absolute Gasteiger partial charge is 0.744 e. The number of aliphatic hydroxyl groups excluding tert-OH is 1. The number of nitrogens with zero attached hydrogens (tertiary/aromatic N) is 7. The predicted octanol–water partition coefficient (Wildman–Crippen LogP) is 5.09. The topological polar surface area (TPSA) is 443 Å². The van der Waals surface area contributed by atoms with Gasteiger partial charge in [0, 0.05) is 45.8 Å². The first kappa shape index (κ1) is 52.1. The molecule has 0 spiro atoms. The summed E-state index contributed by atoms with van der Waals surface area (Å²) in [7, 11) is -19.8. The van der Waals surface area contributed by atoms with Gasteiger partial charge in [0.1, 0.15) is 74.7 Å². The van der Waals surface area contributed by atoms with Gasteiger partial charge in [-0.05, 0) is 95.7 Å². The van der Waals surface area contributed by atoms with Crippen LogP contribution in [0.3, 0.4) is 0 Å². The van der Waals surface area contributed by atoms with E-state index in [1.54, 1.807) is 0 Å². The minimum Gasteiger partial charge on any atom is -0.744 e. The normalized spacial score (nSPS) is 12.4. The van der Waals surface area contributed by atoms with Crippen molar-refractivity contribution in [1.29, 1.82) is 0 Å². The summed E-state index contributed by atoms with van der Waals surface area (Å²) in [6.45, 7) is -0.423. The molecule has 6 aromatic carbocycles. The van der Waals surface area contributed by atoms with E-state index < -0.39 is 100 Å². The number of aromatic hydroxyl groups is 3. The third kappa shape index (κ3) is 11.6. The molecule has 1 radical (unpaired) electrons. The summed E-state index contributed by atoms with van der Waals surface area (Å²) in [4.78, 5) is 8.87.